The number of nitrogens with zero attached hydrogens (tertiary/aromatic N) is 4. The van der Waals surface area contributed by atoms with Crippen molar-refractivity contribution in [2.75, 3.05) is 43.4 Å². The van der Waals surface area contributed by atoms with Crippen LogP contribution < -0.4 is 10.2 Å². The number of amides is 1. The first-order valence-corrected chi connectivity index (χ1v) is 8.86. The fourth-order valence-electron chi connectivity index (χ4n) is 3.30. The maximum Gasteiger partial charge on any atom is 0.255 e. The number of anilines is 2. The van der Waals surface area contributed by atoms with Gasteiger partial charge in [-0.05, 0) is 49.5 Å². The molecule has 0 bridgehead atoms. The van der Waals surface area contributed by atoms with Gasteiger partial charge < -0.3 is 19.7 Å². The molecule has 1 aromatic heterocycles. The van der Waals surface area contributed by atoms with Crippen molar-refractivity contribution in [2.45, 2.75) is 0 Å². The van der Waals surface area contributed by atoms with Crippen LogP contribution in [-0.2, 0) is 7.05 Å². The molecule has 1 saturated heterocycles. The molecule has 0 atom stereocenters. The number of imidazole rings is 1. The standard InChI is InChI=1S/C20H23N5O/c1-23-9-11-25(12-10-23)17-6-4-16(5-7-17)22-20(26)15-3-8-19-18(13-15)21-14-24(19)2/h3-8,13-14H,9-12H2,1-2H3,(H,22,26). The molecule has 3 aromatic rings. The predicted octanol–water partition coefficient (Wildman–Crippen LogP) is 2.58. The van der Waals surface area contributed by atoms with Crippen molar-refractivity contribution >= 4 is 28.3 Å². The number of piperazine rings is 1. The Labute approximate surface area is 153 Å². The van der Waals surface area contributed by atoms with E-state index < -0.39 is 0 Å². The summed E-state index contributed by atoms with van der Waals surface area (Å²) in [5.74, 6) is -0.120. The molecule has 2 heterocycles. The molecule has 1 aliphatic rings. The van der Waals surface area contributed by atoms with Gasteiger partial charge in [0.2, 0.25) is 0 Å². The third kappa shape index (κ3) is 3.28. The molecule has 6 heteroatoms. The second kappa shape index (κ2) is 6.80. The Morgan fingerprint density at radius 3 is 2.46 bits per heavy atom. The number of aryl methyl sites for hydroxylation is 1. The van der Waals surface area contributed by atoms with E-state index in [4.69, 9.17) is 0 Å². The minimum absolute atomic E-state index is 0.120. The van der Waals surface area contributed by atoms with Gasteiger partial charge in [0.15, 0.2) is 0 Å². The van der Waals surface area contributed by atoms with Crippen molar-refractivity contribution in [3.63, 3.8) is 0 Å². The van der Waals surface area contributed by atoms with E-state index in [1.54, 1.807) is 6.33 Å². The zero-order valence-electron chi connectivity index (χ0n) is 15.1. The summed E-state index contributed by atoms with van der Waals surface area (Å²) < 4.78 is 1.94. The Morgan fingerprint density at radius 1 is 1.00 bits per heavy atom. The summed E-state index contributed by atoms with van der Waals surface area (Å²) in [5, 5.41) is 2.97. The quantitative estimate of drug-likeness (QED) is 0.790. The van der Waals surface area contributed by atoms with Crippen LogP contribution in [0.3, 0.4) is 0 Å². The van der Waals surface area contributed by atoms with Crippen LogP contribution >= 0.6 is 0 Å². The largest absolute Gasteiger partial charge is 0.369 e. The highest BCUT2D eigenvalue weighted by Gasteiger charge is 2.14. The summed E-state index contributed by atoms with van der Waals surface area (Å²) in [5.41, 5.74) is 4.45. The molecule has 1 fully saturated rings. The molecular formula is C20H23N5O. The van der Waals surface area contributed by atoms with Crippen LogP contribution in [0.1, 0.15) is 10.4 Å². The zero-order chi connectivity index (χ0) is 18.1. The number of carbonyl (C=O) groups excluding carboxylic acids is 1. The number of hydrogen-bond donors (Lipinski definition) is 1. The van der Waals surface area contributed by atoms with E-state index in [1.807, 2.05) is 41.9 Å². The molecular weight excluding hydrogens is 326 g/mol. The van der Waals surface area contributed by atoms with E-state index >= 15 is 0 Å². The molecule has 134 valence electrons. The molecule has 0 radical (unpaired) electrons. The third-order valence-electron chi connectivity index (χ3n) is 4.98. The van der Waals surface area contributed by atoms with Gasteiger partial charge in [0.1, 0.15) is 0 Å². The van der Waals surface area contributed by atoms with Crippen LogP contribution in [0.25, 0.3) is 11.0 Å². The summed E-state index contributed by atoms with van der Waals surface area (Å²) in [6, 6.07) is 13.6. The molecule has 6 nitrogen and oxygen atoms in total. The summed E-state index contributed by atoms with van der Waals surface area (Å²) >= 11 is 0. The number of likely N-dealkylation sites (N-methyl/N-ethyl adjacent to an activating group) is 1. The number of fused-ring (bicyclic) bond motifs is 1. The number of hydrogen-bond acceptors (Lipinski definition) is 4. The van der Waals surface area contributed by atoms with Crippen LogP contribution in [-0.4, -0.2) is 53.6 Å². The fraction of sp³-hybridized carbons (Fsp3) is 0.300. The molecule has 0 spiro atoms. The molecule has 1 amide bonds. The van der Waals surface area contributed by atoms with E-state index in [1.165, 1.54) is 5.69 Å². The predicted molar refractivity (Wildman–Crippen MR) is 105 cm³/mol. The molecule has 0 saturated carbocycles. The van der Waals surface area contributed by atoms with Crippen molar-refractivity contribution in [1.82, 2.24) is 14.5 Å². The van der Waals surface area contributed by atoms with E-state index in [2.05, 4.69) is 39.3 Å². The Bertz CT molecular complexity index is 923. The monoisotopic (exact) mass is 349 g/mol. The highest BCUT2D eigenvalue weighted by atomic mass is 16.1. The van der Waals surface area contributed by atoms with Crippen molar-refractivity contribution in [3.8, 4) is 0 Å². The van der Waals surface area contributed by atoms with Crippen LogP contribution in [0.4, 0.5) is 11.4 Å². The molecule has 4 rings (SSSR count). The van der Waals surface area contributed by atoms with Crippen LogP contribution in [0.5, 0.6) is 0 Å². The molecule has 2 aromatic carbocycles. The van der Waals surface area contributed by atoms with Crippen LogP contribution in [0.2, 0.25) is 0 Å². The van der Waals surface area contributed by atoms with Gasteiger partial charge in [-0.1, -0.05) is 0 Å². The van der Waals surface area contributed by atoms with Gasteiger partial charge >= 0.3 is 0 Å². The highest BCUT2D eigenvalue weighted by molar-refractivity contribution is 6.06. The van der Waals surface area contributed by atoms with Crippen LogP contribution in [0, 0.1) is 0 Å². The topological polar surface area (TPSA) is 53.4 Å². The summed E-state index contributed by atoms with van der Waals surface area (Å²) in [7, 11) is 4.09. The second-order valence-electron chi connectivity index (χ2n) is 6.85. The average Bonchev–Trinajstić information content (AvgIpc) is 3.03. The van der Waals surface area contributed by atoms with Gasteiger partial charge in [-0.25, -0.2) is 4.98 Å². The van der Waals surface area contributed by atoms with Crippen molar-refractivity contribution in [2.24, 2.45) is 7.05 Å². The number of nitrogens with one attached hydrogen (secondary N) is 1. The summed E-state index contributed by atoms with van der Waals surface area (Å²) in [6.45, 7) is 4.22. The van der Waals surface area contributed by atoms with Crippen molar-refractivity contribution in [3.05, 3.63) is 54.4 Å². The SMILES string of the molecule is CN1CCN(c2ccc(NC(=O)c3ccc4c(c3)ncn4C)cc2)CC1. The van der Waals surface area contributed by atoms with E-state index in [0.29, 0.717) is 5.56 Å². The lowest BCUT2D eigenvalue weighted by atomic mass is 10.1. The lowest BCUT2D eigenvalue weighted by Crippen LogP contribution is -2.44. The van der Waals surface area contributed by atoms with Gasteiger partial charge in [0, 0.05) is 50.2 Å². The Kier molecular flexibility index (Phi) is 4.34. The van der Waals surface area contributed by atoms with Gasteiger partial charge in [-0.15, -0.1) is 0 Å². The van der Waals surface area contributed by atoms with Crippen molar-refractivity contribution < 1.29 is 4.79 Å². The van der Waals surface area contributed by atoms with Crippen molar-refractivity contribution in [1.29, 1.82) is 0 Å². The van der Waals surface area contributed by atoms with Gasteiger partial charge in [-0.2, -0.15) is 0 Å². The Morgan fingerprint density at radius 2 is 1.73 bits per heavy atom. The molecule has 26 heavy (non-hydrogen) atoms. The number of benzene rings is 2. The molecule has 0 unspecified atom stereocenters. The van der Waals surface area contributed by atoms with E-state index in [-0.39, 0.29) is 5.91 Å². The first-order chi connectivity index (χ1) is 12.6. The first-order valence-electron chi connectivity index (χ1n) is 8.86. The summed E-state index contributed by atoms with van der Waals surface area (Å²) in [4.78, 5) is 21.5. The van der Waals surface area contributed by atoms with Gasteiger partial charge in [-0.3, -0.25) is 4.79 Å². The number of aromatic nitrogens is 2. The molecule has 1 N–H and O–H groups in total. The molecule has 1 aliphatic heterocycles. The normalized spacial score (nSPS) is 15.4. The highest BCUT2D eigenvalue weighted by Crippen LogP contribution is 2.20. The number of carbonyl (C=O) groups is 1. The van der Waals surface area contributed by atoms with E-state index in [0.717, 1.165) is 42.9 Å². The average molecular weight is 349 g/mol. The smallest absolute Gasteiger partial charge is 0.255 e. The fourth-order valence-corrected chi connectivity index (χ4v) is 3.30. The lowest BCUT2D eigenvalue weighted by molar-refractivity contribution is 0.102. The minimum atomic E-state index is -0.120. The van der Waals surface area contributed by atoms with Crippen LogP contribution in [0.15, 0.2) is 48.8 Å². The minimum Gasteiger partial charge on any atom is -0.369 e. The zero-order valence-corrected chi connectivity index (χ0v) is 15.1. The van der Waals surface area contributed by atoms with Gasteiger partial charge in [0.25, 0.3) is 5.91 Å². The Balaban J connectivity index is 1.45. The maximum atomic E-state index is 12.5. The second-order valence-corrected chi connectivity index (χ2v) is 6.85. The van der Waals surface area contributed by atoms with E-state index in [9.17, 15) is 4.79 Å². The maximum absolute atomic E-state index is 12.5. The lowest BCUT2D eigenvalue weighted by Gasteiger charge is -2.34. The Hall–Kier alpha value is -2.86. The third-order valence-corrected chi connectivity index (χ3v) is 4.98. The summed E-state index contributed by atoms with van der Waals surface area (Å²) in [6.07, 6.45) is 1.75. The first kappa shape index (κ1) is 16.6. The molecule has 0 aliphatic carbocycles. The van der Waals surface area contributed by atoms with Gasteiger partial charge in [0.05, 0.1) is 17.4 Å². The number of rotatable bonds is 3.